The molecular formula is C17H16N6O. The van der Waals surface area contributed by atoms with Crippen LogP contribution in [0.15, 0.2) is 76.0 Å². The van der Waals surface area contributed by atoms with Crippen LogP contribution in [0.2, 0.25) is 0 Å². The molecule has 3 rings (SSSR count). The van der Waals surface area contributed by atoms with Gasteiger partial charge in [0.1, 0.15) is 5.75 Å². The maximum absolute atomic E-state index is 10.0. The fourth-order valence-corrected chi connectivity index (χ4v) is 1.98. The molecule has 0 aliphatic rings. The number of aromatic amines is 1. The maximum Gasteiger partial charge on any atom is 0.204 e. The molecule has 7 nitrogen and oxygen atoms in total. The van der Waals surface area contributed by atoms with Crippen LogP contribution in [0.1, 0.15) is 11.3 Å². The highest BCUT2D eigenvalue weighted by molar-refractivity contribution is 6.01. The number of benzene rings is 2. The zero-order valence-electron chi connectivity index (χ0n) is 13.0. The summed E-state index contributed by atoms with van der Waals surface area (Å²) in [6.45, 7) is 1.88. The fraction of sp³-hybridized carbons (Fsp3) is 0.0588. The molecule has 0 spiro atoms. The SMILES string of the molecule is Cc1cc(N=N/C(=N\Nc2ccccc2)c2ccccc2O)n[nH]1. The van der Waals surface area contributed by atoms with Crippen LogP contribution in [0.5, 0.6) is 5.75 Å². The summed E-state index contributed by atoms with van der Waals surface area (Å²) in [7, 11) is 0. The molecule has 1 heterocycles. The van der Waals surface area contributed by atoms with E-state index in [1.165, 1.54) is 0 Å². The number of aryl methyl sites for hydroxylation is 1. The number of hydrogen-bond acceptors (Lipinski definition) is 5. The van der Waals surface area contributed by atoms with Crippen LogP contribution in [0, 0.1) is 6.92 Å². The first-order valence-electron chi connectivity index (χ1n) is 7.33. The standard InChI is InChI=1S/C17H16N6O/c1-12-11-16(20-18-12)21-23-17(14-9-5-6-10-15(14)24)22-19-13-7-3-2-4-8-13/h2-11,19,24H,1H3,(H,18,20)/b22-17-,23-21?. The number of aromatic nitrogens is 2. The third-order valence-corrected chi connectivity index (χ3v) is 3.15. The van der Waals surface area contributed by atoms with Crippen molar-refractivity contribution in [1.29, 1.82) is 0 Å². The number of rotatable bonds is 4. The summed E-state index contributed by atoms with van der Waals surface area (Å²) in [4.78, 5) is 0. The van der Waals surface area contributed by atoms with E-state index in [1.807, 2.05) is 37.3 Å². The van der Waals surface area contributed by atoms with Crippen molar-refractivity contribution in [2.45, 2.75) is 6.92 Å². The minimum absolute atomic E-state index is 0.0725. The first-order chi connectivity index (χ1) is 11.7. The lowest BCUT2D eigenvalue weighted by molar-refractivity contribution is 0.474. The summed E-state index contributed by atoms with van der Waals surface area (Å²) in [5, 5.41) is 29.3. The number of hydrazone groups is 1. The molecule has 2 aromatic carbocycles. The molecule has 1 aromatic heterocycles. The zero-order chi connectivity index (χ0) is 16.8. The summed E-state index contributed by atoms with van der Waals surface area (Å²) in [6, 6.07) is 18.0. The molecule has 0 aliphatic heterocycles. The van der Waals surface area contributed by atoms with E-state index in [0.29, 0.717) is 11.4 Å². The van der Waals surface area contributed by atoms with Crippen LogP contribution < -0.4 is 5.43 Å². The van der Waals surface area contributed by atoms with Gasteiger partial charge in [-0.2, -0.15) is 10.2 Å². The highest BCUT2D eigenvalue weighted by atomic mass is 16.3. The van der Waals surface area contributed by atoms with E-state index in [4.69, 9.17) is 0 Å². The van der Waals surface area contributed by atoms with Crippen LogP contribution in [-0.2, 0) is 0 Å². The van der Waals surface area contributed by atoms with Crippen molar-refractivity contribution in [3.8, 4) is 5.75 Å². The van der Waals surface area contributed by atoms with E-state index in [9.17, 15) is 5.11 Å². The number of phenols is 1. The van der Waals surface area contributed by atoms with Crippen LogP contribution in [-0.4, -0.2) is 21.1 Å². The molecule has 0 aliphatic carbocycles. The van der Waals surface area contributed by atoms with Crippen LogP contribution in [0.25, 0.3) is 0 Å². The number of nitrogens with zero attached hydrogens (tertiary/aromatic N) is 4. The van der Waals surface area contributed by atoms with Crippen LogP contribution >= 0.6 is 0 Å². The predicted molar refractivity (Wildman–Crippen MR) is 92.5 cm³/mol. The molecule has 0 bridgehead atoms. The molecule has 0 fully saturated rings. The van der Waals surface area contributed by atoms with Gasteiger partial charge < -0.3 is 5.11 Å². The summed E-state index contributed by atoms with van der Waals surface area (Å²) >= 11 is 0. The van der Waals surface area contributed by atoms with Gasteiger partial charge in [-0.3, -0.25) is 10.5 Å². The lowest BCUT2D eigenvalue weighted by Gasteiger charge is -2.04. The summed E-state index contributed by atoms with van der Waals surface area (Å²) in [5.41, 5.74) is 5.06. The minimum Gasteiger partial charge on any atom is -0.507 e. The van der Waals surface area contributed by atoms with Crippen molar-refractivity contribution >= 4 is 17.3 Å². The second kappa shape index (κ2) is 7.19. The molecule has 0 atom stereocenters. The second-order valence-electron chi connectivity index (χ2n) is 5.04. The smallest absolute Gasteiger partial charge is 0.204 e. The predicted octanol–water partition coefficient (Wildman–Crippen LogP) is 3.98. The topological polar surface area (TPSA) is 98.0 Å². The average Bonchev–Trinajstić information content (AvgIpc) is 3.02. The number of aromatic hydroxyl groups is 1. The number of azo groups is 1. The minimum atomic E-state index is 0.0725. The van der Waals surface area contributed by atoms with Gasteiger partial charge in [0, 0.05) is 11.8 Å². The van der Waals surface area contributed by atoms with Crippen molar-refractivity contribution in [2.24, 2.45) is 15.3 Å². The molecule has 3 N–H and O–H groups in total. The monoisotopic (exact) mass is 320 g/mol. The highest BCUT2D eigenvalue weighted by Crippen LogP contribution is 2.19. The third-order valence-electron chi connectivity index (χ3n) is 3.15. The first-order valence-corrected chi connectivity index (χ1v) is 7.33. The molecular weight excluding hydrogens is 304 g/mol. The Bertz CT molecular complexity index is 870. The molecule has 120 valence electrons. The Morgan fingerprint density at radius 2 is 1.83 bits per heavy atom. The molecule has 0 saturated heterocycles. The number of amidine groups is 1. The van der Waals surface area contributed by atoms with E-state index in [2.05, 4.69) is 31.0 Å². The Morgan fingerprint density at radius 1 is 1.08 bits per heavy atom. The lowest BCUT2D eigenvalue weighted by Crippen LogP contribution is -2.01. The van der Waals surface area contributed by atoms with Crippen molar-refractivity contribution in [2.75, 3.05) is 5.43 Å². The van der Waals surface area contributed by atoms with E-state index in [-0.39, 0.29) is 11.6 Å². The van der Waals surface area contributed by atoms with Gasteiger partial charge in [-0.15, -0.1) is 10.2 Å². The number of H-pyrrole nitrogens is 1. The number of nitrogens with one attached hydrogen (secondary N) is 2. The van der Waals surface area contributed by atoms with E-state index >= 15 is 0 Å². The van der Waals surface area contributed by atoms with Crippen LogP contribution in [0.4, 0.5) is 11.5 Å². The summed E-state index contributed by atoms with van der Waals surface area (Å²) in [6.07, 6.45) is 0. The molecule has 0 amide bonds. The van der Waals surface area contributed by atoms with Gasteiger partial charge in [0.2, 0.25) is 5.84 Å². The van der Waals surface area contributed by atoms with Gasteiger partial charge in [-0.1, -0.05) is 30.3 Å². The number of hydrogen-bond donors (Lipinski definition) is 3. The normalized spacial score (nSPS) is 11.8. The molecule has 0 radical (unpaired) electrons. The number of phenolic OH excluding ortho intramolecular Hbond substituents is 1. The Hall–Kier alpha value is -3.48. The van der Waals surface area contributed by atoms with Gasteiger partial charge in [0.15, 0.2) is 5.82 Å². The lowest BCUT2D eigenvalue weighted by atomic mass is 10.2. The number of para-hydroxylation sites is 2. The Labute approximate surface area is 138 Å². The Morgan fingerprint density at radius 3 is 2.54 bits per heavy atom. The van der Waals surface area contributed by atoms with Crippen molar-refractivity contribution in [3.05, 3.63) is 71.9 Å². The largest absolute Gasteiger partial charge is 0.507 e. The van der Waals surface area contributed by atoms with E-state index in [1.54, 1.807) is 30.3 Å². The quantitative estimate of drug-likeness (QED) is 0.293. The Balaban J connectivity index is 1.91. The summed E-state index contributed by atoms with van der Waals surface area (Å²) < 4.78 is 0. The summed E-state index contributed by atoms with van der Waals surface area (Å²) in [5.74, 6) is 0.760. The van der Waals surface area contributed by atoms with Crippen LogP contribution in [0.3, 0.4) is 0 Å². The van der Waals surface area contributed by atoms with Crippen molar-refractivity contribution in [1.82, 2.24) is 10.2 Å². The van der Waals surface area contributed by atoms with Gasteiger partial charge >= 0.3 is 0 Å². The zero-order valence-corrected chi connectivity index (χ0v) is 13.0. The molecule has 7 heteroatoms. The van der Waals surface area contributed by atoms with Gasteiger partial charge in [-0.05, 0) is 31.2 Å². The molecule has 0 saturated carbocycles. The van der Waals surface area contributed by atoms with Gasteiger partial charge in [0.25, 0.3) is 0 Å². The third kappa shape index (κ3) is 3.83. The van der Waals surface area contributed by atoms with E-state index in [0.717, 1.165) is 11.4 Å². The maximum atomic E-state index is 10.0. The molecule has 0 unspecified atom stereocenters. The van der Waals surface area contributed by atoms with Gasteiger partial charge in [0.05, 0.1) is 11.3 Å². The Kier molecular flexibility index (Phi) is 4.62. The van der Waals surface area contributed by atoms with Crippen molar-refractivity contribution < 1.29 is 5.11 Å². The number of anilines is 1. The first kappa shape index (κ1) is 15.4. The molecule has 3 aromatic rings. The molecule has 24 heavy (non-hydrogen) atoms. The highest BCUT2D eigenvalue weighted by Gasteiger charge is 2.08. The van der Waals surface area contributed by atoms with Gasteiger partial charge in [-0.25, -0.2) is 0 Å². The average molecular weight is 320 g/mol. The second-order valence-corrected chi connectivity index (χ2v) is 5.04. The fourth-order valence-electron chi connectivity index (χ4n) is 1.98. The van der Waals surface area contributed by atoms with Crippen molar-refractivity contribution in [3.63, 3.8) is 0 Å². The van der Waals surface area contributed by atoms with E-state index < -0.39 is 0 Å².